The maximum atomic E-state index is 10.9. The summed E-state index contributed by atoms with van der Waals surface area (Å²) in [5.41, 5.74) is -0.364. The van der Waals surface area contributed by atoms with Crippen LogP contribution in [0.3, 0.4) is 0 Å². The molecule has 0 saturated carbocycles. The van der Waals surface area contributed by atoms with E-state index in [9.17, 15) is 4.79 Å². The normalized spacial score (nSPS) is 13.8. The van der Waals surface area contributed by atoms with E-state index in [1.807, 2.05) is 46.4 Å². The highest BCUT2D eigenvalue weighted by molar-refractivity contribution is 5.51. The van der Waals surface area contributed by atoms with E-state index in [0.29, 0.717) is 26.3 Å². The number of aldehydes is 1. The molecule has 0 aromatic heterocycles. The van der Waals surface area contributed by atoms with E-state index in [1.54, 1.807) is 0 Å². The van der Waals surface area contributed by atoms with Crippen molar-refractivity contribution in [2.75, 3.05) is 32.8 Å². The SMILES string of the molecule is [2H]C(=O)CN(CCOC(C)(C)C)CCOC(C)(C)C. The molecule has 0 spiro atoms. The first-order chi connectivity index (χ1) is 8.49. The van der Waals surface area contributed by atoms with Gasteiger partial charge in [-0.15, -0.1) is 0 Å². The molecule has 0 aromatic carbocycles. The van der Waals surface area contributed by atoms with Crippen molar-refractivity contribution >= 4 is 6.26 Å². The van der Waals surface area contributed by atoms with Crippen LogP contribution in [-0.4, -0.2) is 55.2 Å². The average molecular weight is 260 g/mol. The maximum absolute atomic E-state index is 10.9. The van der Waals surface area contributed by atoms with Gasteiger partial charge in [-0.25, -0.2) is 0 Å². The first kappa shape index (κ1) is 15.6. The number of hydrogen-bond donors (Lipinski definition) is 0. The molecule has 0 saturated heterocycles. The molecular formula is C14H29NO3. The van der Waals surface area contributed by atoms with Crippen molar-refractivity contribution in [3.8, 4) is 0 Å². The molecule has 0 unspecified atom stereocenters. The fraction of sp³-hybridized carbons (Fsp3) is 0.929. The zero-order valence-electron chi connectivity index (χ0n) is 13.7. The minimum atomic E-state index is -0.577. The van der Waals surface area contributed by atoms with E-state index < -0.39 is 6.26 Å². The summed E-state index contributed by atoms with van der Waals surface area (Å²) in [5, 5.41) is 0. The van der Waals surface area contributed by atoms with Crippen molar-refractivity contribution in [1.82, 2.24) is 4.90 Å². The molecular weight excluding hydrogens is 230 g/mol. The van der Waals surface area contributed by atoms with Crippen molar-refractivity contribution in [2.45, 2.75) is 52.7 Å². The number of nitrogens with zero attached hydrogens (tertiary/aromatic N) is 1. The lowest BCUT2D eigenvalue weighted by molar-refractivity contribution is -0.109. The Hall–Kier alpha value is -0.450. The van der Waals surface area contributed by atoms with Gasteiger partial charge in [0.1, 0.15) is 7.63 Å². The highest BCUT2D eigenvalue weighted by Gasteiger charge is 2.13. The number of rotatable bonds is 8. The molecule has 4 nitrogen and oxygen atoms in total. The third-order valence-electron chi connectivity index (χ3n) is 2.17. The Morgan fingerprint density at radius 2 is 1.39 bits per heavy atom. The molecule has 18 heavy (non-hydrogen) atoms. The van der Waals surface area contributed by atoms with Crippen molar-refractivity contribution in [1.29, 1.82) is 0 Å². The van der Waals surface area contributed by atoms with Gasteiger partial charge in [0.2, 0.25) is 0 Å². The Balaban J connectivity index is 4.06. The minimum absolute atomic E-state index is 0.126. The van der Waals surface area contributed by atoms with Crippen LogP contribution in [-0.2, 0) is 14.3 Å². The molecule has 0 heterocycles. The first-order valence-electron chi connectivity index (χ1n) is 6.99. The lowest BCUT2D eigenvalue weighted by Gasteiger charge is -2.26. The third-order valence-corrected chi connectivity index (χ3v) is 2.17. The van der Waals surface area contributed by atoms with Gasteiger partial charge in [-0.2, -0.15) is 0 Å². The molecule has 108 valence electrons. The molecule has 4 heteroatoms. The second-order valence-corrected chi connectivity index (χ2v) is 6.34. The molecule has 0 N–H and O–H groups in total. The predicted octanol–water partition coefficient (Wildman–Crippen LogP) is 2.12. The minimum Gasteiger partial charge on any atom is -0.375 e. The lowest BCUT2D eigenvalue weighted by Crippen LogP contribution is -2.36. The number of carbonyl (C=O) groups excluding carboxylic acids is 1. The van der Waals surface area contributed by atoms with Gasteiger partial charge in [-0.05, 0) is 41.5 Å². The standard InChI is InChI=1S/C14H29NO3/c1-13(2,3)17-11-8-15(7-10-16)9-12-18-14(4,5)6/h10H,7-9,11-12H2,1-6H3/i10D. The molecule has 0 aliphatic carbocycles. The lowest BCUT2D eigenvalue weighted by atomic mass is 10.2. The molecule has 0 amide bonds. The molecule has 0 aliphatic rings. The summed E-state index contributed by atoms with van der Waals surface area (Å²) in [5.74, 6) is 0. The number of ether oxygens (including phenoxy) is 2. The Morgan fingerprint density at radius 1 is 1.00 bits per heavy atom. The van der Waals surface area contributed by atoms with Crippen LogP contribution >= 0.6 is 0 Å². The summed E-state index contributed by atoms with van der Waals surface area (Å²) in [6.07, 6.45) is -0.577. The molecule has 0 aliphatic heterocycles. The summed E-state index contributed by atoms with van der Waals surface area (Å²) < 4.78 is 18.3. The highest BCUT2D eigenvalue weighted by atomic mass is 16.5. The monoisotopic (exact) mass is 260 g/mol. The Labute approximate surface area is 113 Å². The second-order valence-electron chi connectivity index (χ2n) is 6.34. The summed E-state index contributed by atoms with van der Waals surface area (Å²) in [7, 11) is 0. The van der Waals surface area contributed by atoms with Gasteiger partial charge in [0.15, 0.2) is 0 Å². The predicted molar refractivity (Wildman–Crippen MR) is 73.9 cm³/mol. The largest absolute Gasteiger partial charge is 0.375 e. The van der Waals surface area contributed by atoms with Crippen molar-refractivity contribution in [3.63, 3.8) is 0 Å². The molecule has 0 fully saturated rings. The Bertz CT molecular complexity index is 249. The van der Waals surface area contributed by atoms with Crippen molar-refractivity contribution < 1.29 is 15.6 Å². The van der Waals surface area contributed by atoms with Gasteiger partial charge in [-0.3, -0.25) is 4.90 Å². The number of hydrogen-bond acceptors (Lipinski definition) is 4. The van der Waals surface area contributed by atoms with E-state index in [0.717, 1.165) is 0 Å². The maximum Gasteiger partial charge on any atom is 0.133 e. The van der Waals surface area contributed by atoms with Crippen LogP contribution in [0.15, 0.2) is 0 Å². The van der Waals surface area contributed by atoms with Crippen LogP contribution in [0.25, 0.3) is 0 Å². The van der Waals surface area contributed by atoms with Crippen LogP contribution in [0, 0.1) is 0 Å². The molecule has 0 bridgehead atoms. The summed E-state index contributed by atoms with van der Waals surface area (Å²) in [6.45, 7) is 14.5. The van der Waals surface area contributed by atoms with Crippen LogP contribution in [0.1, 0.15) is 42.9 Å². The van der Waals surface area contributed by atoms with Crippen LogP contribution in [0.4, 0.5) is 0 Å². The molecule has 0 rings (SSSR count). The summed E-state index contributed by atoms with van der Waals surface area (Å²) in [6, 6.07) is 0. The van der Waals surface area contributed by atoms with Crippen molar-refractivity contribution in [2.24, 2.45) is 0 Å². The van der Waals surface area contributed by atoms with Gasteiger partial charge in [0.05, 0.1) is 31.0 Å². The van der Waals surface area contributed by atoms with Gasteiger partial charge < -0.3 is 14.3 Å². The zero-order chi connectivity index (χ0) is 15.1. The highest BCUT2D eigenvalue weighted by Crippen LogP contribution is 2.07. The van der Waals surface area contributed by atoms with E-state index in [-0.39, 0.29) is 17.7 Å². The summed E-state index contributed by atoms with van der Waals surface area (Å²) in [4.78, 5) is 12.8. The smallest absolute Gasteiger partial charge is 0.133 e. The van der Waals surface area contributed by atoms with Gasteiger partial charge in [0, 0.05) is 13.1 Å². The quantitative estimate of drug-likeness (QED) is 0.627. The van der Waals surface area contributed by atoms with E-state index in [2.05, 4.69) is 0 Å². The fourth-order valence-electron chi connectivity index (χ4n) is 1.32. The number of carbonyl (C=O) groups is 1. The van der Waals surface area contributed by atoms with Crippen molar-refractivity contribution in [3.05, 3.63) is 0 Å². The molecule has 0 aromatic rings. The first-order valence-corrected chi connectivity index (χ1v) is 6.49. The van der Waals surface area contributed by atoms with Crippen LogP contribution in [0.2, 0.25) is 0 Å². The Morgan fingerprint density at radius 3 is 1.67 bits per heavy atom. The van der Waals surface area contributed by atoms with Gasteiger partial charge in [-0.1, -0.05) is 0 Å². The van der Waals surface area contributed by atoms with Gasteiger partial charge in [0.25, 0.3) is 0 Å². The molecule has 0 atom stereocenters. The fourth-order valence-corrected chi connectivity index (χ4v) is 1.32. The van der Waals surface area contributed by atoms with E-state index in [4.69, 9.17) is 10.8 Å². The van der Waals surface area contributed by atoms with E-state index in [1.165, 1.54) is 0 Å². The average Bonchev–Trinajstić information content (AvgIpc) is 2.11. The second kappa shape index (κ2) is 7.87. The van der Waals surface area contributed by atoms with Crippen LogP contribution in [0.5, 0.6) is 0 Å². The Kier molecular flexibility index (Phi) is 6.82. The zero-order valence-corrected chi connectivity index (χ0v) is 12.7. The topological polar surface area (TPSA) is 38.8 Å². The van der Waals surface area contributed by atoms with Crippen LogP contribution < -0.4 is 0 Å². The van der Waals surface area contributed by atoms with E-state index >= 15 is 0 Å². The molecule has 0 radical (unpaired) electrons. The third kappa shape index (κ3) is 12.0. The van der Waals surface area contributed by atoms with Gasteiger partial charge >= 0.3 is 0 Å². The summed E-state index contributed by atoms with van der Waals surface area (Å²) >= 11 is 0.